The lowest BCUT2D eigenvalue weighted by molar-refractivity contribution is -0.150. The van der Waals surface area contributed by atoms with E-state index in [1.165, 1.54) is 17.8 Å². The van der Waals surface area contributed by atoms with Crippen molar-refractivity contribution in [3.8, 4) is 0 Å². The summed E-state index contributed by atoms with van der Waals surface area (Å²) in [6.07, 6.45) is 0.730. The molecule has 0 saturated carbocycles. The molecule has 0 aromatic carbocycles. The highest BCUT2D eigenvalue weighted by molar-refractivity contribution is 8.00. The summed E-state index contributed by atoms with van der Waals surface area (Å²) in [6, 6.07) is -0.969. The second kappa shape index (κ2) is 7.91. The largest absolute Gasteiger partial charge is 0.477 e. The van der Waals surface area contributed by atoms with Crippen LogP contribution in [0.2, 0.25) is 0 Å². The second-order valence-corrected chi connectivity index (χ2v) is 8.16. The molecule has 2 fully saturated rings. The van der Waals surface area contributed by atoms with Crippen molar-refractivity contribution in [2.75, 3.05) is 18.1 Å². The lowest BCUT2D eigenvalue weighted by Gasteiger charge is -2.48. The van der Waals surface area contributed by atoms with Gasteiger partial charge < -0.3 is 25.7 Å². The first kappa shape index (κ1) is 20.1. The zero-order valence-corrected chi connectivity index (χ0v) is 16.6. The van der Waals surface area contributed by atoms with Gasteiger partial charge in [0, 0.05) is 23.7 Å². The number of nitrogen functional groups attached to an aromatic ring is 1. The standard InChI is InChI=1S/C15H14N6O7S2/c16-15-18-9(20-30-15)7(19-28-6-1-3-27-14(6)26)10(22)17-8-11(23)21-5(13(24)25)2-4-29-12(8)21/h2,6,8,12H,1,3-4H2,(H,17,22)(H,24,25)(H2,16,18,20)/t6?,8?,12-/m1/s1. The minimum atomic E-state index is -1.22. The molecule has 4 rings (SSSR count). The van der Waals surface area contributed by atoms with E-state index < -0.39 is 41.3 Å². The SMILES string of the molecule is Nc1nc(C(=NOC2CCOC2=O)C(=O)NC2C(=O)N3C(C(=O)O)=CCS[C@H]23)ns1. The van der Waals surface area contributed by atoms with Gasteiger partial charge in [-0.25, -0.2) is 9.59 Å². The highest BCUT2D eigenvalue weighted by Gasteiger charge is 2.53. The molecule has 30 heavy (non-hydrogen) atoms. The van der Waals surface area contributed by atoms with Crippen LogP contribution in [0.4, 0.5) is 5.13 Å². The van der Waals surface area contributed by atoms with Gasteiger partial charge in [-0.15, -0.1) is 11.8 Å². The number of cyclic esters (lactones) is 1. The molecule has 0 aliphatic carbocycles. The molecule has 4 heterocycles. The number of β-lactam (4-membered cyclic amide) rings is 1. The van der Waals surface area contributed by atoms with Crippen LogP contribution >= 0.6 is 23.3 Å². The van der Waals surface area contributed by atoms with Crippen LogP contribution in [0, 0.1) is 0 Å². The average Bonchev–Trinajstić information content (AvgIpc) is 3.33. The Balaban J connectivity index is 1.51. The molecule has 0 bridgehead atoms. The Labute approximate surface area is 176 Å². The van der Waals surface area contributed by atoms with Crippen LogP contribution in [0.15, 0.2) is 16.9 Å². The summed E-state index contributed by atoms with van der Waals surface area (Å²) in [5.41, 5.74) is 5.07. The Kier molecular flexibility index (Phi) is 5.29. The zero-order valence-electron chi connectivity index (χ0n) is 15.0. The molecule has 3 aliphatic rings. The van der Waals surface area contributed by atoms with Crippen LogP contribution in [-0.2, 0) is 28.8 Å². The molecule has 0 radical (unpaired) electrons. The highest BCUT2D eigenvalue weighted by Crippen LogP contribution is 2.37. The van der Waals surface area contributed by atoms with Crippen molar-refractivity contribution in [3.05, 3.63) is 17.6 Å². The lowest BCUT2D eigenvalue weighted by atomic mass is 10.0. The maximum atomic E-state index is 12.8. The number of nitrogens with one attached hydrogen (secondary N) is 1. The molecule has 2 unspecified atom stereocenters. The predicted octanol–water partition coefficient (Wildman–Crippen LogP) is -1.48. The van der Waals surface area contributed by atoms with Gasteiger partial charge in [-0.2, -0.15) is 9.36 Å². The Morgan fingerprint density at radius 2 is 2.23 bits per heavy atom. The van der Waals surface area contributed by atoms with Gasteiger partial charge in [-0.1, -0.05) is 5.16 Å². The number of anilines is 1. The number of fused-ring (bicyclic) bond motifs is 1. The lowest BCUT2D eigenvalue weighted by Crippen LogP contribution is -2.70. The summed E-state index contributed by atoms with van der Waals surface area (Å²) in [6.45, 7) is 0.174. The first-order valence-electron chi connectivity index (χ1n) is 8.56. The van der Waals surface area contributed by atoms with Crippen molar-refractivity contribution >= 4 is 57.9 Å². The number of aromatic nitrogens is 2. The van der Waals surface area contributed by atoms with Crippen LogP contribution < -0.4 is 11.1 Å². The van der Waals surface area contributed by atoms with Gasteiger partial charge in [0.05, 0.1) is 6.61 Å². The van der Waals surface area contributed by atoms with Crippen LogP contribution in [0.5, 0.6) is 0 Å². The third-order valence-corrected chi connectivity index (χ3v) is 6.11. The summed E-state index contributed by atoms with van der Waals surface area (Å²) in [4.78, 5) is 58.2. The van der Waals surface area contributed by atoms with E-state index >= 15 is 0 Å². The number of thioether (sulfide) groups is 1. The van der Waals surface area contributed by atoms with Crippen molar-refractivity contribution in [1.82, 2.24) is 19.6 Å². The predicted molar refractivity (Wildman–Crippen MR) is 102 cm³/mol. The topological polar surface area (TPSA) is 186 Å². The van der Waals surface area contributed by atoms with Crippen molar-refractivity contribution in [3.63, 3.8) is 0 Å². The van der Waals surface area contributed by atoms with E-state index in [1.807, 2.05) is 0 Å². The fraction of sp³-hybridized carbons (Fsp3) is 0.400. The first-order valence-corrected chi connectivity index (χ1v) is 10.4. The summed E-state index contributed by atoms with van der Waals surface area (Å²) in [7, 11) is 0. The Bertz CT molecular complexity index is 992. The van der Waals surface area contributed by atoms with Gasteiger partial charge in [0.2, 0.25) is 17.6 Å². The minimum Gasteiger partial charge on any atom is -0.477 e. The number of hydrogen-bond acceptors (Lipinski definition) is 12. The van der Waals surface area contributed by atoms with Gasteiger partial charge in [-0.05, 0) is 6.08 Å². The van der Waals surface area contributed by atoms with E-state index in [-0.39, 0.29) is 35.4 Å². The quantitative estimate of drug-likeness (QED) is 0.197. The van der Waals surface area contributed by atoms with E-state index in [0.717, 1.165) is 16.4 Å². The normalized spacial score (nSPS) is 25.7. The van der Waals surface area contributed by atoms with E-state index in [4.69, 9.17) is 15.3 Å². The fourth-order valence-corrected chi connectivity index (χ4v) is 4.58. The summed E-state index contributed by atoms with van der Waals surface area (Å²) in [5.74, 6) is -2.99. The number of carbonyl (C=O) groups excluding carboxylic acids is 3. The average molecular weight is 454 g/mol. The van der Waals surface area contributed by atoms with Crippen LogP contribution in [-0.4, -0.2) is 78.7 Å². The van der Waals surface area contributed by atoms with Gasteiger partial charge in [0.1, 0.15) is 17.1 Å². The molecule has 1 aromatic heterocycles. The van der Waals surface area contributed by atoms with Crippen molar-refractivity contribution in [2.45, 2.75) is 23.9 Å². The molecular formula is C15H14N6O7S2. The number of nitrogens with two attached hydrogens (primary N) is 1. The maximum Gasteiger partial charge on any atom is 0.352 e. The van der Waals surface area contributed by atoms with E-state index in [9.17, 15) is 24.3 Å². The first-order chi connectivity index (χ1) is 14.4. The molecule has 2 saturated heterocycles. The molecule has 13 nitrogen and oxygen atoms in total. The number of hydrogen-bond donors (Lipinski definition) is 3. The third kappa shape index (κ3) is 3.56. The van der Waals surface area contributed by atoms with Gasteiger partial charge in [0.25, 0.3) is 11.8 Å². The summed E-state index contributed by atoms with van der Waals surface area (Å²) < 4.78 is 8.69. The number of rotatable bonds is 6. The van der Waals surface area contributed by atoms with Crippen LogP contribution in [0.1, 0.15) is 12.2 Å². The molecule has 15 heteroatoms. The molecule has 4 N–H and O–H groups in total. The van der Waals surface area contributed by atoms with E-state index in [0.29, 0.717) is 5.75 Å². The third-order valence-electron chi connectivity index (χ3n) is 4.38. The Hall–Kier alpha value is -3.20. The van der Waals surface area contributed by atoms with Gasteiger partial charge in [0.15, 0.2) is 5.13 Å². The number of oxime groups is 1. The molecule has 3 aliphatic heterocycles. The molecule has 3 atom stereocenters. The number of amides is 2. The molecule has 158 valence electrons. The van der Waals surface area contributed by atoms with Crippen molar-refractivity contribution < 1.29 is 33.9 Å². The maximum absolute atomic E-state index is 12.8. The molecule has 1 aromatic rings. The van der Waals surface area contributed by atoms with Crippen LogP contribution in [0.3, 0.4) is 0 Å². The molecule has 2 amide bonds. The number of nitrogens with zero attached hydrogens (tertiary/aromatic N) is 4. The fourth-order valence-electron chi connectivity index (χ4n) is 2.95. The van der Waals surface area contributed by atoms with Crippen molar-refractivity contribution in [1.29, 1.82) is 0 Å². The zero-order chi connectivity index (χ0) is 21.4. The number of esters is 1. The molecule has 0 spiro atoms. The molecular weight excluding hydrogens is 440 g/mol. The summed E-state index contributed by atoms with van der Waals surface area (Å²) in [5, 5.41) is 15.0. The van der Waals surface area contributed by atoms with Gasteiger partial charge >= 0.3 is 11.9 Å². The number of ether oxygens (including phenoxy) is 1. The van der Waals surface area contributed by atoms with E-state index in [1.54, 1.807) is 0 Å². The van der Waals surface area contributed by atoms with Gasteiger partial charge in [-0.3, -0.25) is 14.5 Å². The number of aliphatic carboxylic acids is 1. The van der Waals surface area contributed by atoms with Crippen molar-refractivity contribution in [2.24, 2.45) is 5.16 Å². The minimum absolute atomic E-state index is 0.0794. The highest BCUT2D eigenvalue weighted by atomic mass is 32.2. The monoisotopic (exact) mass is 454 g/mol. The summed E-state index contributed by atoms with van der Waals surface area (Å²) >= 11 is 2.13. The number of carbonyl (C=O) groups is 4. The smallest absolute Gasteiger partial charge is 0.352 e. The number of carboxylic acids is 1. The Morgan fingerprint density at radius 1 is 1.43 bits per heavy atom. The van der Waals surface area contributed by atoms with E-state index in [2.05, 4.69) is 19.8 Å². The number of carboxylic acid groups (broad SMARTS) is 1. The Morgan fingerprint density at radius 3 is 2.87 bits per heavy atom. The second-order valence-electron chi connectivity index (χ2n) is 6.22. The van der Waals surface area contributed by atoms with Crippen LogP contribution in [0.25, 0.3) is 0 Å².